The smallest absolute Gasteiger partial charge is 0.0254 e. The Morgan fingerprint density at radius 2 is 1.30 bits per heavy atom. The minimum atomic E-state index is 0.702. The van der Waals surface area contributed by atoms with Crippen molar-refractivity contribution in [3.63, 3.8) is 0 Å². The molecule has 0 aromatic carbocycles. The number of alkyl halides is 2. The lowest BCUT2D eigenvalue weighted by molar-refractivity contribution is 0.284. The van der Waals surface area contributed by atoms with Gasteiger partial charge in [-0.15, -0.1) is 23.2 Å². The van der Waals surface area contributed by atoms with Crippen LogP contribution in [-0.2, 0) is 0 Å². The minimum Gasteiger partial charge on any atom is -0.126 e. The lowest BCUT2D eigenvalue weighted by atomic mass is 9.81. The van der Waals surface area contributed by atoms with Crippen LogP contribution in [0.3, 0.4) is 0 Å². The van der Waals surface area contributed by atoms with Crippen molar-refractivity contribution in [3.8, 4) is 0 Å². The molecule has 2 atom stereocenters. The molecular formula is C8H14Cl2. The molecule has 0 aromatic heterocycles. The number of hydrogen-bond donors (Lipinski definition) is 0. The summed E-state index contributed by atoms with van der Waals surface area (Å²) in [5, 5.41) is 0. The molecule has 0 saturated heterocycles. The Bertz CT molecular complexity index is 81.3. The molecule has 1 aliphatic carbocycles. The first-order valence-electron chi connectivity index (χ1n) is 4.00. The van der Waals surface area contributed by atoms with Gasteiger partial charge in [0.2, 0.25) is 0 Å². The first-order valence-corrected chi connectivity index (χ1v) is 5.07. The van der Waals surface area contributed by atoms with E-state index in [9.17, 15) is 0 Å². The van der Waals surface area contributed by atoms with Gasteiger partial charge in [0.15, 0.2) is 0 Å². The fourth-order valence-electron chi connectivity index (χ4n) is 1.69. The average Bonchev–Trinajstić information content (AvgIpc) is 2.04. The summed E-state index contributed by atoms with van der Waals surface area (Å²) in [5.74, 6) is 3.01. The van der Waals surface area contributed by atoms with Gasteiger partial charge >= 0.3 is 0 Å². The van der Waals surface area contributed by atoms with Crippen LogP contribution in [0.4, 0.5) is 0 Å². The van der Waals surface area contributed by atoms with Crippen LogP contribution < -0.4 is 0 Å². The average molecular weight is 181 g/mol. The molecule has 1 rings (SSSR count). The third-order valence-corrected chi connectivity index (χ3v) is 3.26. The van der Waals surface area contributed by atoms with Crippen molar-refractivity contribution in [2.75, 3.05) is 11.8 Å². The van der Waals surface area contributed by atoms with E-state index in [1.165, 1.54) is 25.7 Å². The molecule has 0 amide bonds. The van der Waals surface area contributed by atoms with Crippen LogP contribution in [0.15, 0.2) is 0 Å². The molecule has 0 aliphatic heterocycles. The van der Waals surface area contributed by atoms with Gasteiger partial charge in [0.25, 0.3) is 0 Å². The molecule has 1 fully saturated rings. The van der Waals surface area contributed by atoms with Crippen LogP contribution in [0.2, 0.25) is 0 Å². The van der Waals surface area contributed by atoms with Crippen LogP contribution in [0.5, 0.6) is 0 Å². The summed E-state index contributed by atoms with van der Waals surface area (Å²) in [6, 6.07) is 0. The fraction of sp³-hybridized carbons (Fsp3) is 1.00. The molecule has 60 valence electrons. The van der Waals surface area contributed by atoms with Gasteiger partial charge in [-0.3, -0.25) is 0 Å². The van der Waals surface area contributed by atoms with Crippen molar-refractivity contribution in [1.29, 1.82) is 0 Å². The van der Waals surface area contributed by atoms with Gasteiger partial charge in [0.1, 0.15) is 0 Å². The zero-order valence-electron chi connectivity index (χ0n) is 6.15. The molecular weight excluding hydrogens is 167 g/mol. The molecule has 0 nitrogen and oxygen atoms in total. The van der Waals surface area contributed by atoms with Crippen molar-refractivity contribution in [1.82, 2.24) is 0 Å². The van der Waals surface area contributed by atoms with E-state index in [1.807, 2.05) is 0 Å². The molecule has 0 aromatic rings. The molecule has 0 N–H and O–H groups in total. The Morgan fingerprint density at radius 3 is 1.60 bits per heavy atom. The standard InChI is InChI=1S/C8H14Cl2/c9-5-7-3-1-2-4-8(7)6-10/h7-8H,1-6H2/t7-,8-/m0/s1. The number of hydrogen-bond acceptors (Lipinski definition) is 0. The Labute approximate surface area is 72.9 Å². The van der Waals surface area contributed by atoms with Crippen LogP contribution in [0, 0.1) is 11.8 Å². The molecule has 0 radical (unpaired) electrons. The van der Waals surface area contributed by atoms with Gasteiger partial charge in [-0.05, 0) is 24.7 Å². The minimum absolute atomic E-state index is 0.702. The maximum absolute atomic E-state index is 5.80. The molecule has 1 aliphatic rings. The molecule has 1 saturated carbocycles. The van der Waals surface area contributed by atoms with E-state index in [1.54, 1.807) is 0 Å². The largest absolute Gasteiger partial charge is 0.126 e. The van der Waals surface area contributed by atoms with E-state index >= 15 is 0 Å². The van der Waals surface area contributed by atoms with Crippen LogP contribution in [-0.4, -0.2) is 11.8 Å². The van der Waals surface area contributed by atoms with E-state index in [2.05, 4.69) is 0 Å². The normalized spacial score (nSPS) is 34.2. The van der Waals surface area contributed by atoms with Crippen molar-refractivity contribution < 1.29 is 0 Å². The molecule has 0 bridgehead atoms. The highest BCUT2D eigenvalue weighted by molar-refractivity contribution is 6.19. The summed E-state index contributed by atoms with van der Waals surface area (Å²) in [4.78, 5) is 0. The fourth-order valence-corrected chi connectivity index (χ4v) is 2.50. The van der Waals surface area contributed by atoms with Gasteiger partial charge in [0.05, 0.1) is 0 Å². The number of halogens is 2. The predicted octanol–water partition coefficient (Wildman–Crippen LogP) is 3.27. The summed E-state index contributed by atoms with van der Waals surface area (Å²) in [6.07, 6.45) is 5.29. The predicted molar refractivity (Wildman–Crippen MR) is 46.9 cm³/mol. The number of rotatable bonds is 2. The van der Waals surface area contributed by atoms with Crippen molar-refractivity contribution in [2.24, 2.45) is 11.8 Å². The van der Waals surface area contributed by atoms with Crippen molar-refractivity contribution >= 4 is 23.2 Å². The zero-order chi connectivity index (χ0) is 7.40. The molecule has 0 heterocycles. The Hall–Kier alpha value is 0.580. The van der Waals surface area contributed by atoms with E-state index < -0.39 is 0 Å². The third-order valence-electron chi connectivity index (χ3n) is 2.46. The van der Waals surface area contributed by atoms with Crippen molar-refractivity contribution in [2.45, 2.75) is 25.7 Å². The lowest BCUT2D eigenvalue weighted by Crippen LogP contribution is -2.21. The van der Waals surface area contributed by atoms with Gasteiger partial charge < -0.3 is 0 Å². The first-order chi connectivity index (χ1) is 4.88. The van der Waals surface area contributed by atoms with Crippen molar-refractivity contribution in [3.05, 3.63) is 0 Å². The zero-order valence-corrected chi connectivity index (χ0v) is 7.67. The molecule has 10 heavy (non-hydrogen) atoms. The van der Waals surface area contributed by atoms with Gasteiger partial charge in [-0.1, -0.05) is 12.8 Å². The van der Waals surface area contributed by atoms with Crippen LogP contribution >= 0.6 is 23.2 Å². The maximum Gasteiger partial charge on any atom is 0.0254 e. The Balaban J connectivity index is 2.34. The van der Waals surface area contributed by atoms with Crippen LogP contribution in [0.25, 0.3) is 0 Å². The van der Waals surface area contributed by atoms with Crippen LogP contribution in [0.1, 0.15) is 25.7 Å². The van der Waals surface area contributed by atoms with Gasteiger partial charge in [0, 0.05) is 11.8 Å². The summed E-state index contributed by atoms with van der Waals surface area (Å²) in [7, 11) is 0. The van der Waals surface area contributed by atoms with E-state index in [-0.39, 0.29) is 0 Å². The molecule has 2 heteroatoms. The van der Waals surface area contributed by atoms with E-state index in [0.717, 1.165) is 11.8 Å². The highest BCUT2D eigenvalue weighted by atomic mass is 35.5. The quantitative estimate of drug-likeness (QED) is 0.573. The monoisotopic (exact) mass is 180 g/mol. The molecule has 0 unspecified atom stereocenters. The Kier molecular flexibility index (Phi) is 3.87. The van der Waals surface area contributed by atoms with E-state index in [0.29, 0.717) is 11.8 Å². The summed E-state index contributed by atoms with van der Waals surface area (Å²) < 4.78 is 0. The second-order valence-electron chi connectivity index (χ2n) is 3.11. The first kappa shape index (κ1) is 8.67. The second kappa shape index (κ2) is 4.46. The third kappa shape index (κ3) is 2.03. The van der Waals surface area contributed by atoms with E-state index in [4.69, 9.17) is 23.2 Å². The summed E-state index contributed by atoms with van der Waals surface area (Å²) >= 11 is 11.6. The Morgan fingerprint density at radius 1 is 0.900 bits per heavy atom. The summed E-state index contributed by atoms with van der Waals surface area (Å²) in [5.41, 5.74) is 0. The van der Waals surface area contributed by atoms with Gasteiger partial charge in [-0.2, -0.15) is 0 Å². The highest BCUT2D eigenvalue weighted by Crippen LogP contribution is 2.31. The lowest BCUT2D eigenvalue weighted by Gasteiger charge is -2.28. The topological polar surface area (TPSA) is 0 Å². The maximum atomic E-state index is 5.80. The molecule has 0 spiro atoms. The second-order valence-corrected chi connectivity index (χ2v) is 3.73. The highest BCUT2D eigenvalue weighted by Gasteiger charge is 2.22. The van der Waals surface area contributed by atoms with Gasteiger partial charge in [-0.25, -0.2) is 0 Å². The summed E-state index contributed by atoms with van der Waals surface area (Å²) in [6.45, 7) is 0. The SMILES string of the molecule is ClC[C@@H]1CCCC[C@H]1CCl.